The van der Waals surface area contributed by atoms with Gasteiger partial charge in [-0.25, -0.2) is 4.39 Å². The molecular weight excluding hydrogens is 219 g/mol. The molecule has 0 aliphatic carbocycles. The van der Waals surface area contributed by atoms with E-state index in [1.165, 1.54) is 12.1 Å². The van der Waals surface area contributed by atoms with Crippen LogP contribution in [0.5, 0.6) is 0 Å². The first kappa shape index (κ1) is 11.4. The van der Waals surface area contributed by atoms with E-state index in [9.17, 15) is 4.39 Å². The lowest BCUT2D eigenvalue weighted by molar-refractivity contribution is 0.473. The van der Waals surface area contributed by atoms with Gasteiger partial charge in [-0.1, -0.05) is 12.1 Å². The Morgan fingerprint density at radius 2 is 2.06 bits per heavy atom. The first-order valence-corrected chi connectivity index (χ1v) is 5.20. The molecule has 4 heteroatoms. The summed E-state index contributed by atoms with van der Waals surface area (Å²) in [6.07, 6.45) is 1.58. The van der Waals surface area contributed by atoms with Gasteiger partial charge in [0.25, 0.3) is 0 Å². The Bertz CT molecular complexity index is 499. The second-order valence-electron chi connectivity index (χ2n) is 3.57. The molecule has 0 bridgehead atoms. The van der Waals surface area contributed by atoms with Crippen LogP contribution in [-0.4, -0.2) is 0 Å². The largest absolute Gasteiger partial charge is 0.468 e. The van der Waals surface area contributed by atoms with Gasteiger partial charge in [0.1, 0.15) is 17.6 Å². The summed E-state index contributed by atoms with van der Waals surface area (Å²) < 4.78 is 17.9. The van der Waals surface area contributed by atoms with E-state index in [2.05, 4.69) is 11.4 Å². The SMILES string of the molecule is N#CC(NCc1ccco1)c1ccc(F)cc1. The van der Waals surface area contributed by atoms with Crippen molar-refractivity contribution in [1.29, 1.82) is 5.26 Å². The van der Waals surface area contributed by atoms with E-state index in [4.69, 9.17) is 9.68 Å². The van der Waals surface area contributed by atoms with Gasteiger partial charge in [-0.2, -0.15) is 5.26 Å². The van der Waals surface area contributed by atoms with E-state index < -0.39 is 6.04 Å². The molecule has 1 unspecified atom stereocenters. The number of hydrogen-bond donors (Lipinski definition) is 1. The lowest BCUT2D eigenvalue weighted by atomic mass is 10.1. The monoisotopic (exact) mass is 230 g/mol. The van der Waals surface area contributed by atoms with Crippen molar-refractivity contribution in [3.05, 3.63) is 59.8 Å². The van der Waals surface area contributed by atoms with Gasteiger partial charge in [0.2, 0.25) is 0 Å². The van der Waals surface area contributed by atoms with Gasteiger partial charge in [-0.15, -0.1) is 0 Å². The average molecular weight is 230 g/mol. The third-order valence-corrected chi connectivity index (χ3v) is 2.39. The highest BCUT2D eigenvalue weighted by atomic mass is 19.1. The normalized spacial score (nSPS) is 12.0. The molecule has 17 heavy (non-hydrogen) atoms. The Labute approximate surface area is 98.5 Å². The van der Waals surface area contributed by atoms with Crippen molar-refractivity contribution in [3.8, 4) is 6.07 Å². The van der Waals surface area contributed by atoms with Gasteiger partial charge < -0.3 is 4.42 Å². The Morgan fingerprint density at radius 3 is 2.65 bits per heavy atom. The van der Waals surface area contributed by atoms with Gasteiger partial charge in [-0.05, 0) is 29.8 Å². The lowest BCUT2D eigenvalue weighted by Gasteiger charge is -2.10. The Morgan fingerprint density at radius 1 is 1.29 bits per heavy atom. The number of halogens is 1. The molecule has 1 heterocycles. The van der Waals surface area contributed by atoms with Crippen LogP contribution in [0.3, 0.4) is 0 Å². The van der Waals surface area contributed by atoms with Crippen molar-refractivity contribution in [1.82, 2.24) is 5.32 Å². The third kappa shape index (κ3) is 2.92. The van der Waals surface area contributed by atoms with Crippen LogP contribution in [0.25, 0.3) is 0 Å². The standard InChI is InChI=1S/C13H11FN2O/c14-11-5-3-10(4-6-11)13(8-15)16-9-12-2-1-7-17-12/h1-7,13,16H,9H2. The quantitative estimate of drug-likeness (QED) is 0.878. The van der Waals surface area contributed by atoms with Gasteiger partial charge in [0, 0.05) is 0 Å². The van der Waals surface area contributed by atoms with E-state index in [0.29, 0.717) is 6.54 Å². The number of nitriles is 1. The number of benzene rings is 1. The molecule has 0 aliphatic heterocycles. The van der Waals surface area contributed by atoms with E-state index in [-0.39, 0.29) is 5.82 Å². The second kappa shape index (κ2) is 5.28. The lowest BCUT2D eigenvalue weighted by Crippen LogP contribution is -2.19. The molecule has 1 aromatic carbocycles. The predicted molar refractivity (Wildman–Crippen MR) is 60.3 cm³/mol. The fourth-order valence-electron chi connectivity index (χ4n) is 1.51. The van der Waals surface area contributed by atoms with Crippen molar-refractivity contribution >= 4 is 0 Å². The molecule has 1 atom stereocenters. The zero-order valence-electron chi connectivity index (χ0n) is 9.06. The van der Waals surface area contributed by atoms with Crippen LogP contribution < -0.4 is 5.32 Å². The molecule has 2 aromatic rings. The highest BCUT2D eigenvalue weighted by Crippen LogP contribution is 2.13. The van der Waals surface area contributed by atoms with E-state index in [0.717, 1.165) is 11.3 Å². The van der Waals surface area contributed by atoms with Gasteiger partial charge in [-0.3, -0.25) is 5.32 Å². The average Bonchev–Trinajstić information content (AvgIpc) is 2.85. The van der Waals surface area contributed by atoms with Crippen molar-refractivity contribution < 1.29 is 8.81 Å². The molecule has 0 fully saturated rings. The summed E-state index contributed by atoms with van der Waals surface area (Å²) in [5, 5.41) is 12.1. The van der Waals surface area contributed by atoms with Crippen LogP contribution in [0.2, 0.25) is 0 Å². The van der Waals surface area contributed by atoms with E-state index in [1.807, 2.05) is 6.07 Å². The Kier molecular flexibility index (Phi) is 3.53. The summed E-state index contributed by atoms with van der Waals surface area (Å²) in [5.41, 5.74) is 0.737. The minimum atomic E-state index is -0.472. The Hall–Kier alpha value is -2.12. The molecule has 0 amide bonds. The molecule has 0 saturated carbocycles. The topological polar surface area (TPSA) is 49.0 Å². The van der Waals surface area contributed by atoms with E-state index in [1.54, 1.807) is 24.5 Å². The van der Waals surface area contributed by atoms with Crippen molar-refractivity contribution in [2.75, 3.05) is 0 Å². The zero-order chi connectivity index (χ0) is 12.1. The summed E-state index contributed by atoms with van der Waals surface area (Å²) in [6.45, 7) is 0.461. The van der Waals surface area contributed by atoms with Crippen LogP contribution in [-0.2, 0) is 6.54 Å². The summed E-state index contributed by atoms with van der Waals surface area (Å²) in [5.74, 6) is 0.448. The molecule has 86 valence electrons. The maximum absolute atomic E-state index is 12.7. The molecule has 1 N–H and O–H groups in total. The fraction of sp³-hybridized carbons (Fsp3) is 0.154. The first-order valence-electron chi connectivity index (χ1n) is 5.20. The maximum Gasteiger partial charge on any atom is 0.123 e. The number of furan rings is 1. The number of nitrogens with one attached hydrogen (secondary N) is 1. The summed E-state index contributed by atoms with van der Waals surface area (Å²) in [4.78, 5) is 0. The minimum Gasteiger partial charge on any atom is -0.468 e. The molecular formula is C13H11FN2O. The Balaban J connectivity index is 2.02. The second-order valence-corrected chi connectivity index (χ2v) is 3.57. The van der Waals surface area contributed by atoms with Gasteiger partial charge >= 0.3 is 0 Å². The number of nitrogens with zero attached hydrogens (tertiary/aromatic N) is 1. The van der Waals surface area contributed by atoms with Crippen LogP contribution in [0.1, 0.15) is 17.4 Å². The minimum absolute atomic E-state index is 0.309. The van der Waals surface area contributed by atoms with Crippen LogP contribution >= 0.6 is 0 Å². The number of rotatable bonds is 4. The molecule has 2 rings (SSSR count). The van der Waals surface area contributed by atoms with Crippen molar-refractivity contribution in [2.24, 2.45) is 0 Å². The molecule has 0 saturated heterocycles. The molecule has 0 radical (unpaired) electrons. The van der Waals surface area contributed by atoms with E-state index >= 15 is 0 Å². The van der Waals surface area contributed by atoms with Gasteiger partial charge in [0.05, 0.1) is 18.9 Å². The maximum atomic E-state index is 12.7. The molecule has 0 spiro atoms. The summed E-state index contributed by atoms with van der Waals surface area (Å²) in [6, 6.07) is 11.1. The van der Waals surface area contributed by atoms with Gasteiger partial charge in [0.15, 0.2) is 0 Å². The third-order valence-electron chi connectivity index (χ3n) is 2.39. The highest BCUT2D eigenvalue weighted by molar-refractivity contribution is 5.24. The molecule has 0 aliphatic rings. The summed E-state index contributed by atoms with van der Waals surface area (Å²) >= 11 is 0. The molecule has 1 aromatic heterocycles. The highest BCUT2D eigenvalue weighted by Gasteiger charge is 2.10. The predicted octanol–water partition coefficient (Wildman–Crippen LogP) is 2.77. The fourth-order valence-corrected chi connectivity index (χ4v) is 1.51. The van der Waals surface area contributed by atoms with Crippen LogP contribution in [0.15, 0.2) is 47.1 Å². The summed E-state index contributed by atoms with van der Waals surface area (Å²) in [7, 11) is 0. The first-order chi connectivity index (χ1) is 8.29. The smallest absolute Gasteiger partial charge is 0.123 e. The molecule has 3 nitrogen and oxygen atoms in total. The van der Waals surface area contributed by atoms with Crippen molar-refractivity contribution in [3.63, 3.8) is 0 Å². The van der Waals surface area contributed by atoms with Crippen LogP contribution in [0, 0.1) is 17.1 Å². The van der Waals surface area contributed by atoms with Crippen LogP contribution in [0.4, 0.5) is 4.39 Å². The zero-order valence-corrected chi connectivity index (χ0v) is 9.06. The number of hydrogen-bond acceptors (Lipinski definition) is 3. The van der Waals surface area contributed by atoms with Crippen molar-refractivity contribution in [2.45, 2.75) is 12.6 Å².